The van der Waals surface area contributed by atoms with Gasteiger partial charge in [-0.3, -0.25) is 14.4 Å². The summed E-state index contributed by atoms with van der Waals surface area (Å²) < 4.78 is 0. The van der Waals surface area contributed by atoms with Crippen LogP contribution in [0.15, 0.2) is 53.4 Å². The van der Waals surface area contributed by atoms with Crippen LogP contribution in [-0.2, 0) is 4.79 Å². The average molecular weight is 398 g/mol. The lowest BCUT2D eigenvalue weighted by Crippen LogP contribution is -2.32. The summed E-state index contributed by atoms with van der Waals surface area (Å²) in [5, 5.41) is 5.87. The van der Waals surface area contributed by atoms with Crippen molar-refractivity contribution in [2.75, 3.05) is 11.1 Å². The van der Waals surface area contributed by atoms with Gasteiger partial charge < -0.3 is 16.4 Å². The van der Waals surface area contributed by atoms with Gasteiger partial charge in [-0.1, -0.05) is 25.0 Å². The maximum Gasteiger partial charge on any atom is 0.256 e. The molecule has 2 aromatic carbocycles. The molecule has 1 aliphatic rings. The molecule has 0 heterocycles. The van der Waals surface area contributed by atoms with Gasteiger partial charge in [-0.25, -0.2) is 0 Å². The summed E-state index contributed by atoms with van der Waals surface area (Å²) in [6.45, 7) is 0. The molecule has 1 fully saturated rings. The number of nitrogens with two attached hydrogens (primary N) is 1. The molecule has 0 atom stereocenters. The zero-order valence-corrected chi connectivity index (χ0v) is 16.3. The van der Waals surface area contributed by atoms with Crippen LogP contribution >= 0.6 is 11.8 Å². The predicted octanol–water partition coefficient (Wildman–Crippen LogP) is 3.19. The standard InChI is InChI=1S/C21H23N3O3S/c22-19(25)13-28-18-8-4-3-7-17(18)21(27)24-16-11-9-14(10-12-16)20(26)23-15-5-1-2-6-15/h3-4,7-12,15H,1-2,5-6,13H2,(H2,22,25)(H,23,26)(H,24,27). The van der Waals surface area contributed by atoms with E-state index in [2.05, 4.69) is 10.6 Å². The van der Waals surface area contributed by atoms with Gasteiger partial charge in [-0.15, -0.1) is 11.8 Å². The van der Waals surface area contributed by atoms with Crippen molar-refractivity contribution in [3.63, 3.8) is 0 Å². The highest BCUT2D eigenvalue weighted by Gasteiger charge is 2.18. The second-order valence-corrected chi connectivity index (χ2v) is 7.75. The number of anilines is 1. The van der Waals surface area contributed by atoms with Crippen molar-refractivity contribution in [1.29, 1.82) is 0 Å². The van der Waals surface area contributed by atoms with Crippen LogP contribution in [0, 0.1) is 0 Å². The van der Waals surface area contributed by atoms with Crippen LogP contribution in [0.2, 0.25) is 0 Å². The maximum absolute atomic E-state index is 12.6. The zero-order valence-electron chi connectivity index (χ0n) is 15.4. The number of hydrogen-bond acceptors (Lipinski definition) is 4. The van der Waals surface area contributed by atoms with E-state index in [4.69, 9.17) is 5.73 Å². The smallest absolute Gasteiger partial charge is 0.256 e. The molecule has 0 radical (unpaired) electrons. The molecular weight excluding hydrogens is 374 g/mol. The Morgan fingerprint density at radius 1 is 0.964 bits per heavy atom. The first kappa shape index (κ1) is 19.9. The van der Waals surface area contributed by atoms with E-state index in [0.29, 0.717) is 21.7 Å². The molecular formula is C21H23N3O3S. The molecule has 0 aromatic heterocycles. The molecule has 0 spiro atoms. The van der Waals surface area contributed by atoms with E-state index in [1.54, 1.807) is 48.5 Å². The first-order valence-corrected chi connectivity index (χ1v) is 10.2. The van der Waals surface area contributed by atoms with Crippen molar-refractivity contribution in [1.82, 2.24) is 5.32 Å². The highest BCUT2D eigenvalue weighted by atomic mass is 32.2. The first-order chi connectivity index (χ1) is 13.5. The molecule has 146 valence electrons. The van der Waals surface area contributed by atoms with Crippen molar-refractivity contribution in [3.8, 4) is 0 Å². The maximum atomic E-state index is 12.6. The second-order valence-electron chi connectivity index (χ2n) is 6.74. The number of thioether (sulfide) groups is 1. The third kappa shape index (κ3) is 5.36. The van der Waals surface area contributed by atoms with Gasteiger partial charge in [0.1, 0.15) is 0 Å². The SMILES string of the molecule is NC(=O)CSc1ccccc1C(=O)Nc1ccc(C(=O)NC2CCCC2)cc1. The van der Waals surface area contributed by atoms with Crippen LogP contribution in [0.1, 0.15) is 46.4 Å². The number of amides is 3. The normalized spacial score (nSPS) is 13.9. The van der Waals surface area contributed by atoms with E-state index in [1.807, 2.05) is 0 Å². The highest BCUT2D eigenvalue weighted by molar-refractivity contribution is 8.00. The summed E-state index contributed by atoms with van der Waals surface area (Å²) in [6, 6.07) is 14.1. The van der Waals surface area contributed by atoms with Gasteiger partial charge in [0.25, 0.3) is 11.8 Å². The molecule has 4 N–H and O–H groups in total. The summed E-state index contributed by atoms with van der Waals surface area (Å²) in [4.78, 5) is 36.6. The Balaban J connectivity index is 1.63. The summed E-state index contributed by atoms with van der Waals surface area (Å²) in [5.74, 6) is -0.699. The van der Waals surface area contributed by atoms with Gasteiger partial charge in [0.2, 0.25) is 5.91 Å². The third-order valence-electron chi connectivity index (χ3n) is 4.60. The number of primary amides is 1. The quantitative estimate of drug-likeness (QED) is 0.625. The average Bonchev–Trinajstić information content (AvgIpc) is 3.20. The Morgan fingerprint density at radius 3 is 2.32 bits per heavy atom. The summed E-state index contributed by atoms with van der Waals surface area (Å²) in [7, 11) is 0. The van der Waals surface area contributed by atoms with Gasteiger partial charge in [-0.05, 0) is 49.2 Å². The van der Waals surface area contributed by atoms with E-state index in [0.717, 1.165) is 25.7 Å². The Labute approximate surface area is 168 Å². The molecule has 0 aliphatic heterocycles. The fourth-order valence-electron chi connectivity index (χ4n) is 3.17. The number of hydrogen-bond donors (Lipinski definition) is 3. The van der Waals surface area contributed by atoms with Gasteiger partial charge in [0.15, 0.2) is 0 Å². The van der Waals surface area contributed by atoms with Crippen molar-refractivity contribution in [2.24, 2.45) is 5.73 Å². The molecule has 7 heteroatoms. The lowest BCUT2D eigenvalue weighted by molar-refractivity contribution is -0.115. The number of carbonyl (C=O) groups is 3. The number of carbonyl (C=O) groups excluding carboxylic acids is 3. The molecule has 0 saturated heterocycles. The molecule has 2 aromatic rings. The first-order valence-electron chi connectivity index (χ1n) is 9.25. The molecule has 3 rings (SSSR count). The topological polar surface area (TPSA) is 101 Å². The molecule has 6 nitrogen and oxygen atoms in total. The Hall–Kier alpha value is -2.80. The predicted molar refractivity (Wildman–Crippen MR) is 110 cm³/mol. The van der Waals surface area contributed by atoms with Gasteiger partial charge >= 0.3 is 0 Å². The van der Waals surface area contributed by atoms with Crippen LogP contribution in [0.3, 0.4) is 0 Å². The Kier molecular flexibility index (Phi) is 6.71. The Bertz CT molecular complexity index is 861. The largest absolute Gasteiger partial charge is 0.369 e. The molecule has 0 bridgehead atoms. The summed E-state index contributed by atoms with van der Waals surface area (Å²) >= 11 is 1.23. The molecule has 28 heavy (non-hydrogen) atoms. The van der Waals surface area contributed by atoms with Crippen LogP contribution in [0.5, 0.6) is 0 Å². The van der Waals surface area contributed by atoms with Crippen LogP contribution in [0.25, 0.3) is 0 Å². The zero-order chi connectivity index (χ0) is 19.9. The summed E-state index contributed by atoms with van der Waals surface area (Å²) in [6.07, 6.45) is 4.39. The number of rotatable bonds is 7. The third-order valence-corrected chi connectivity index (χ3v) is 5.69. The van der Waals surface area contributed by atoms with Gasteiger partial charge in [0, 0.05) is 22.2 Å². The highest BCUT2D eigenvalue weighted by Crippen LogP contribution is 2.23. The van der Waals surface area contributed by atoms with Crippen LogP contribution < -0.4 is 16.4 Å². The number of nitrogens with one attached hydrogen (secondary N) is 2. The molecule has 1 aliphatic carbocycles. The number of benzene rings is 2. The van der Waals surface area contributed by atoms with Crippen molar-refractivity contribution in [2.45, 2.75) is 36.6 Å². The van der Waals surface area contributed by atoms with Gasteiger partial charge in [0.05, 0.1) is 11.3 Å². The fraction of sp³-hybridized carbons (Fsp3) is 0.286. The lowest BCUT2D eigenvalue weighted by atomic mass is 10.1. The fourth-order valence-corrected chi connectivity index (χ4v) is 3.96. The minimum atomic E-state index is -0.438. The van der Waals surface area contributed by atoms with Crippen molar-refractivity contribution < 1.29 is 14.4 Å². The van der Waals surface area contributed by atoms with E-state index >= 15 is 0 Å². The molecule has 0 unspecified atom stereocenters. The van der Waals surface area contributed by atoms with Crippen molar-refractivity contribution in [3.05, 3.63) is 59.7 Å². The second kappa shape index (κ2) is 9.41. The van der Waals surface area contributed by atoms with E-state index in [-0.39, 0.29) is 23.6 Å². The van der Waals surface area contributed by atoms with E-state index < -0.39 is 5.91 Å². The van der Waals surface area contributed by atoms with Crippen LogP contribution in [-0.4, -0.2) is 29.5 Å². The lowest BCUT2D eigenvalue weighted by Gasteiger charge is -2.12. The van der Waals surface area contributed by atoms with Gasteiger partial charge in [-0.2, -0.15) is 0 Å². The van der Waals surface area contributed by atoms with Crippen LogP contribution in [0.4, 0.5) is 5.69 Å². The van der Waals surface area contributed by atoms with E-state index in [1.165, 1.54) is 11.8 Å². The molecule has 3 amide bonds. The minimum Gasteiger partial charge on any atom is -0.369 e. The van der Waals surface area contributed by atoms with E-state index in [9.17, 15) is 14.4 Å². The molecule has 1 saturated carbocycles. The Morgan fingerprint density at radius 2 is 1.64 bits per heavy atom. The monoisotopic (exact) mass is 397 g/mol. The minimum absolute atomic E-state index is 0.0852. The summed E-state index contributed by atoms with van der Waals surface area (Å²) in [5.41, 5.74) is 6.82. The van der Waals surface area contributed by atoms with Crippen molar-refractivity contribution >= 4 is 35.2 Å².